The summed E-state index contributed by atoms with van der Waals surface area (Å²) < 4.78 is 2.34. The third kappa shape index (κ3) is 3.80. The molecule has 0 amide bonds. The van der Waals surface area contributed by atoms with Crippen LogP contribution in [0.1, 0.15) is 0 Å². The van der Waals surface area contributed by atoms with Crippen molar-refractivity contribution in [3.05, 3.63) is 170 Å². The molecule has 0 spiro atoms. The molecule has 0 aliphatic heterocycles. The first kappa shape index (κ1) is 26.5. The molecular weight excluding hydrogens is 593 g/mol. The summed E-state index contributed by atoms with van der Waals surface area (Å²) in [7, 11) is 0. The third-order valence-electron chi connectivity index (χ3n) is 10.5. The number of benzene rings is 9. The van der Waals surface area contributed by atoms with Crippen LogP contribution < -0.4 is 0 Å². The minimum atomic E-state index is 1.00. The molecule has 11 aromatic rings. The molecule has 0 N–H and O–H groups in total. The summed E-state index contributed by atoms with van der Waals surface area (Å²) in [5.41, 5.74) is 9.14. The number of fused-ring (bicyclic) bond motifs is 16. The fourth-order valence-electron chi connectivity index (χ4n) is 8.27. The van der Waals surface area contributed by atoms with Crippen molar-refractivity contribution in [2.45, 2.75) is 0 Å². The molecule has 0 fully saturated rings. The molecule has 0 radical (unpaired) electrons. The van der Waals surface area contributed by atoms with Gasteiger partial charge in [-0.05, 0) is 108 Å². The van der Waals surface area contributed by atoms with Crippen LogP contribution >= 0.6 is 0 Å². The summed E-state index contributed by atoms with van der Waals surface area (Å²) in [5, 5.41) is 13.9. The number of hydrogen-bond acceptors (Lipinski definition) is 1. The molecule has 2 aromatic heterocycles. The van der Waals surface area contributed by atoms with Gasteiger partial charge in [0.15, 0.2) is 0 Å². The topological polar surface area (TPSA) is 17.3 Å². The first-order valence-electron chi connectivity index (χ1n) is 16.9. The van der Waals surface area contributed by atoms with Crippen LogP contribution in [0.3, 0.4) is 0 Å². The van der Waals surface area contributed by atoms with Crippen molar-refractivity contribution in [2.24, 2.45) is 0 Å². The molecule has 0 bridgehead atoms. The Hall–Kier alpha value is -6.51. The first-order valence-corrected chi connectivity index (χ1v) is 16.9. The summed E-state index contributed by atoms with van der Waals surface area (Å²) in [5.74, 6) is 0. The van der Waals surface area contributed by atoms with Crippen LogP contribution in [0.5, 0.6) is 0 Å². The fourth-order valence-corrected chi connectivity index (χ4v) is 8.27. The Morgan fingerprint density at radius 1 is 0.327 bits per heavy atom. The van der Waals surface area contributed by atoms with E-state index in [-0.39, 0.29) is 0 Å². The number of para-hydroxylation sites is 2. The Kier molecular flexibility index (Phi) is 5.42. The third-order valence-corrected chi connectivity index (χ3v) is 10.5. The van der Waals surface area contributed by atoms with Crippen LogP contribution in [0.4, 0.5) is 0 Å². The van der Waals surface area contributed by atoms with Crippen LogP contribution in [0.25, 0.3) is 104 Å². The van der Waals surface area contributed by atoms with E-state index in [0.717, 1.165) is 16.7 Å². The number of rotatable bonds is 2. The zero-order valence-corrected chi connectivity index (χ0v) is 26.6. The van der Waals surface area contributed by atoms with Gasteiger partial charge in [-0.25, -0.2) is 4.98 Å². The molecule has 0 aliphatic rings. The predicted octanol–water partition coefficient (Wildman–Crippen LogP) is 12.7. The normalized spacial score (nSPS) is 12.1. The van der Waals surface area contributed by atoms with Gasteiger partial charge in [0.05, 0.1) is 16.6 Å². The van der Waals surface area contributed by atoms with Crippen molar-refractivity contribution < 1.29 is 0 Å². The van der Waals surface area contributed by atoms with Crippen molar-refractivity contribution in [3.63, 3.8) is 0 Å². The zero-order valence-electron chi connectivity index (χ0n) is 26.6. The van der Waals surface area contributed by atoms with Gasteiger partial charge >= 0.3 is 0 Å². The van der Waals surface area contributed by atoms with E-state index in [4.69, 9.17) is 4.98 Å². The number of hydrogen-bond donors (Lipinski definition) is 0. The second kappa shape index (κ2) is 10.00. The van der Waals surface area contributed by atoms with Gasteiger partial charge in [-0.15, -0.1) is 0 Å². The Labute approximate surface area is 282 Å². The van der Waals surface area contributed by atoms with E-state index in [9.17, 15) is 0 Å². The van der Waals surface area contributed by atoms with E-state index in [1.54, 1.807) is 0 Å². The molecule has 11 rings (SSSR count). The van der Waals surface area contributed by atoms with Crippen LogP contribution in [0.2, 0.25) is 0 Å². The molecule has 2 nitrogen and oxygen atoms in total. The van der Waals surface area contributed by atoms with Crippen molar-refractivity contribution >= 4 is 81.4 Å². The molecule has 49 heavy (non-hydrogen) atoms. The number of nitrogens with zero attached hydrogens (tertiary/aromatic N) is 2. The van der Waals surface area contributed by atoms with Gasteiger partial charge in [-0.3, -0.25) is 4.40 Å². The Bertz CT molecular complexity index is 3130. The lowest BCUT2D eigenvalue weighted by molar-refractivity contribution is 1.32. The second-order valence-electron chi connectivity index (χ2n) is 13.1. The molecule has 0 unspecified atom stereocenters. The highest BCUT2D eigenvalue weighted by Gasteiger charge is 2.17. The van der Waals surface area contributed by atoms with Crippen molar-refractivity contribution in [1.82, 2.24) is 9.38 Å². The molecule has 2 heterocycles. The van der Waals surface area contributed by atoms with Gasteiger partial charge in [-0.2, -0.15) is 0 Å². The summed E-state index contributed by atoms with van der Waals surface area (Å²) in [4.78, 5) is 5.15. The van der Waals surface area contributed by atoms with Gasteiger partial charge in [0.25, 0.3) is 0 Å². The van der Waals surface area contributed by atoms with E-state index >= 15 is 0 Å². The molecule has 226 valence electrons. The summed E-state index contributed by atoms with van der Waals surface area (Å²) in [6.45, 7) is 0. The lowest BCUT2D eigenvalue weighted by Crippen LogP contribution is -1.93. The Balaban J connectivity index is 1.15. The minimum absolute atomic E-state index is 1.00. The summed E-state index contributed by atoms with van der Waals surface area (Å²) >= 11 is 0. The molecule has 0 atom stereocenters. The average molecular weight is 621 g/mol. The lowest BCUT2D eigenvalue weighted by Gasteiger charge is -2.14. The van der Waals surface area contributed by atoms with E-state index in [1.807, 2.05) is 0 Å². The van der Waals surface area contributed by atoms with Crippen molar-refractivity contribution in [2.75, 3.05) is 0 Å². The zero-order chi connectivity index (χ0) is 32.1. The van der Waals surface area contributed by atoms with Crippen molar-refractivity contribution in [1.29, 1.82) is 0 Å². The number of imidazole rings is 1. The molecule has 9 aromatic carbocycles. The van der Waals surface area contributed by atoms with Gasteiger partial charge in [0.2, 0.25) is 0 Å². The van der Waals surface area contributed by atoms with Crippen LogP contribution in [-0.2, 0) is 0 Å². The molecule has 0 aliphatic carbocycles. The van der Waals surface area contributed by atoms with E-state index in [0.29, 0.717) is 0 Å². The van der Waals surface area contributed by atoms with Crippen LogP contribution in [-0.4, -0.2) is 9.38 Å². The van der Waals surface area contributed by atoms with E-state index in [2.05, 4.69) is 174 Å². The first-order chi connectivity index (χ1) is 24.3. The molecular formula is C47H28N2. The quantitative estimate of drug-likeness (QED) is 0.176. The largest absolute Gasteiger partial charge is 0.292 e. The number of pyridine rings is 1. The van der Waals surface area contributed by atoms with Crippen molar-refractivity contribution in [3.8, 4) is 22.3 Å². The molecule has 2 heteroatoms. The van der Waals surface area contributed by atoms with Gasteiger partial charge in [0, 0.05) is 16.2 Å². The van der Waals surface area contributed by atoms with Gasteiger partial charge < -0.3 is 0 Å². The SMILES string of the molecule is c1cc(-c2ccc3c4ccccc4c4ccccc4c3c2)cc(-c2ccc3c(c2)c2c4ccccc4ccc2c2nc4ccccc4n32)c1. The monoisotopic (exact) mass is 620 g/mol. The van der Waals surface area contributed by atoms with E-state index < -0.39 is 0 Å². The van der Waals surface area contributed by atoms with Gasteiger partial charge in [-0.1, -0.05) is 127 Å². The van der Waals surface area contributed by atoms with Gasteiger partial charge in [0.1, 0.15) is 5.65 Å². The predicted molar refractivity (Wildman–Crippen MR) is 209 cm³/mol. The summed E-state index contributed by atoms with van der Waals surface area (Å²) in [6.07, 6.45) is 0. The standard InChI is InChI=1S/C47H28N2/c1-2-13-34-29(10-1)20-24-40-46(34)42-28-33(22-25-44(42)49-45-19-8-7-18-43(45)48-47(40)49)31-12-9-11-30(26-31)32-21-23-39-37-16-4-3-14-35(37)36-15-5-6-17-38(36)41(39)27-32/h1-28H. The van der Waals surface area contributed by atoms with Crippen LogP contribution in [0.15, 0.2) is 170 Å². The fraction of sp³-hybridized carbons (Fsp3) is 0. The van der Waals surface area contributed by atoms with E-state index in [1.165, 1.54) is 87.0 Å². The highest BCUT2D eigenvalue weighted by molar-refractivity contribution is 6.26. The van der Waals surface area contributed by atoms with Crippen LogP contribution in [0, 0.1) is 0 Å². The maximum atomic E-state index is 5.15. The smallest absolute Gasteiger partial charge is 0.146 e. The highest BCUT2D eigenvalue weighted by atomic mass is 15.0. The Morgan fingerprint density at radius 2 is 0.878 bits per heavy atom. The average Bonchev–Trinajstić information content (AvgIpc) is 3.57. The Morgan fingerprint density at radius 3 is 1.63 bits per heavy atom. The molecule has 0 saturated heterocycles. The highest BCUT2D eigenvalue weighted by Crippen LogP contribution is 2.40. The number of aromatic nitrogens is 2. The maximum absolute atomic E-state index is 5.15. The lowest BCUT2D eigenvalue weighted by atomic mass is 9.91. The molecule has 0 saturated carbocycles. The maximum Gasteiger partial charge on any atom is 0.146 e. The minimum Gasteiger partial charge on any atom is -0.292 e. The second-order valence-corrected chi connectivity index (χ2v) is 13.1. The summed E-state index contributed by atoms with van der Waals surface area (Å²) in [6, 6.07) is 62.1.